The van der Waals surface area contributed by atoms with E-state index >= 15 is 0 Å². The van der Waals surface area contributed by atoms with Gasteiger partial charge in [-0.15, -0.1) is 0 Å². The lowest BCUT2D eigenvalue weighted by Gasteiger charge is -2.48. The van der Waals surface area contributed by atoms with Crippen LogP contribution in [0.5, 0.6) is 0 Å². The molecule has 1 amide bonds. The predicted octanol–water partition coefficient (Wildman–Crippen LogP) is 8.63. The molecule has 4 atom stereocenters. The number of benzene rings is 3. The zero-order valence-corrected chi connectivity index (χ0v) is 29.5. The summed E-state index contributed by atoms with van der Waals surface area (Å²) in [6, 6.07) is 29.3. The van der Waals surface area contributed by atoms with Crippen LogP contribution in [0.3, 0.4) is 0 Å². The molecule has 4 unspecified atom stereocenters. The summed E-state index contributed by atoms with van der Waals surface area (Å²) >= 11 is 6.24. The molecule has 252 valence electrons. The van der Waals surface area contributed by atoms with Crippen molar-refractivity contribution in [1.82, 2.24) is 19.4 Å². The maximum atomic E-state index is 12.8. The number of halogens is 1. The monoisotopic (exact) mass is 664 g/mol. The molecule has 3 aromatic carbocycles. The fourth-order valence-electron chi connectivity index (χ4n) is 8.63. The first-order valence-corrected chi connectivity index (χ1v) is 18.1. The van der Waals surface area contributed by atoms with Crippen molar-refractivity contribution in [2.24, 2.45) is 10.4 Å². The minimum atomic E-state index is -0.518. The lowest BCUT2D eigenvalue weighted by molar-refractivity contribution is -0.124. The Morgan fingerprint density at radius 3 is 2.38 bits per heavy atom. The highest BCUT2D eigenvalue weighted by atomic mass is 35.5. The van der Waals surface area contributed by atoms with E-state index in [1.165, 1.54) is 36.8 Å². The van der Waals surface area contributed by atoms with E-state index in [-0.39, 0.29) is 17.5 Å². The molecule has 1 N–H and O–H groups in total. The zero-order valence-electron chi connectivity index (χ0n) is 28.8. The van der Waals surface area contributed by atoms with Crippen LogP contribution in [0.15, 0.2) is 83.9 Å². The quantitative estimate of drug-likeness (QED) is 0.151. The third-order valence-electron chi connectivity index (χ3n) is 11.2. The number of aliphatic imine (C=N–C) groups is 1. The first-order valence-electron chi connectivity index (χ1n) is 17.7. The number of piperidine rings is 2. The lowest BCUT2D eigenvalue weighted by atomic mass is 9.69. The number of nitrogens with zero attached hydrogens (tertiary/aromatic N) is 5. The first-order chi connectivity index (χ1) is 23.1. The molecule has 4 heterocycles. The second kappa shape index (κ2) is 13.3. The van der Waals surface area contributed by atoms with Gasteiger partial charge < -0.3 is 14.8 Å². The van der Waals surface area contributed by atoms with E-state index in [0.29, 0.717) is 23.1 Å². The number of carbonyl (C=O) groups excluding carboxylic acids is 1. The Kier molecular flexibility index (Phi) is 9.12. The minimum Gasteiger partial charge on any atom is -0.365 e. The molecule has 3 fully saturated rings. The molecule has 7 rings (SSSR count). The fourth-order valence-corrected chi connectivity index (χ4v) is 8.76. The van der Waals surface area contributed by atoms with Gasteiger partial charge >= 0.3 is 0 Å². The Morgan fingerprint density at radius 1 is 0.979 bits per heavy atom. The van der Waals surface area contributed by atoms with Crippen molar-refractivity contribution < 1.29 is 4.79 Å². The highest BCUT2D eigenvalue weighted by Crippen LogP contribution is 2.46. The number of imidazole rings is 1. The molecule has 48 heavy (non-hydrogen) atoms. The third-order valence-corrected chi connectivity index (χ3v) is 11.5. The SMILES string of the molecule is Cc1nc2ccccc2n1C1CC2CCC(C1)N2CCC1(c2ccccc2)CCN(C=NC(=O)C(C)(C)C)C(Nc2ccc(Cl)cc2)C1. The smallest absolute Gasteiger partial charge is 0.252 e. The highest BCUT2D eigenvalue weighted by Gasteiger charge is 2.45. The van der Waals surface area contributed by atoms with Crippen LogP contribution in [0.1, 0.15) is 83.1 Å². The van der Waals surface area contributed by atoms with Gasteiger partial charge in [-0.25, -0.2) is 9.98 Å². The second-order valence-electron chi connectivity index (χ2n) is 15.3. The molecule has 1 aromatic heterocycles. The van der Waals surface area contributed by atoms with E-state index in [1.54, 1.807) is 6.34 Å². The molecule has 7 nitrogen and oxygen atoms in total. The number of aryl methyl sites for hydroxylation is 1. The molecule has 0 saturated carbocycles. The summed E-state index contributed by atoms with van der Waals surface area (Å²) in [4.78, 5) is 27.2. The van der Waals surface area contributed by atoms with E-state index in [0.717, 1.165) is 49.4 Å². The third kappa shape index (κ3) is 6.64. The van der Waals surface area contributed by atoms with Crippen molar-refractivity contribution >= 4 is 40.6 Å². The van der Waals surface area contributed by atoms with Crippen molar-refractivity contribution in [3.8, 4) is 0 Å². The fraction of sp³-hybridized carbons (Fsp3) is 0.475. The van der Waals surface area contributed by atoms with E-state index in [4.69, 9.17) is 16.6 Å². The van der Waals surface area contributed by atoms with E-state index in [2.05, 4.69) is 86.2 Å². The Balaban J connectivity index is 1.13. The van der Waals surface area contributed by atoms with Gasteiger partial charge in [0.25, 0.3) is 5.91 Å². The average Bonchev–Trinajstić information content (AvgIpc) is 3.54. The molecule has 2 bridgehead atoms. The number of aromatic nitrogens is 2. The normalized spacial score (nSPS) is 26.4. The number of likely N-dealkylation sites (tertiary alicyclic amines) is 1. The van der Waals surface area contributed by atoms with Crippen LogP contribution < -0.4 is 5.32 Å². The molecule has 8 heteroatoms. The zero-order chi connectivity index (χ0) is 33.5. The molecule has 3 aliphatic heterocycles. The van der Waals surface area contributed by atoms with Gasteiger partial charge in [0.2, 0.25) is 0 Å². The number of fused-ring (bicyclic) bond motifs is 3. The molecule has 0 radical (unpaired) electrons. The number of rotatable bonds is 8. The van der Waals surface area contributed by atoms with Crippen molar-refractivity contribution in [1.29, 1.82) is 0 Å². The first kappa shape index (κ1) is 32.8. The topological polar surface area (TPSA) is 65.8 Å². The van der Waals surface area contributed by atoms with Crippen molar-refractivity contribution in [2.45, 2.75) is 102 Å². The Morgan fingerprint density at radius 2 is 1.67 bits per heavy atom. The van der Waals surface area contributed by atoms with Crippen LogP contribution in [-0.2, 0) is 10.2 Å². The lowest BCUT2D eigenvalue weighted by Crippen LogP contribution is -2.53. The summed E-state index contributed by atoms with van der Waals surface area (Å²) in [5, 5.41) is 4.51. The van der Waals surface area contributed by atoms with Gasteiger partial charge in [-0.2, -0.15) is 0 Å². The van der Waals surface area contributed by atoms with Crippen LogP contribution >= 0.6 is 11.6 Å². The number of para-hydroxylation sites is 2. The number of anilines is 1. The van der Waals surface area contributed by atoms with E-state index in [1.807, 2.05) is 45.0 Å². The van der Waals surface area contributed by atoms with Crippen molar-refractivity contribution in [3.05, 3.63) is 95.3 Å². The summed E-state index contributed by atoms with van der Waals surface area (Å²) < 4.78 is 2.53. The Hall–Kier alpha value is -3.68. The summed E-state index contributed by atoms with van der Waals surface area (Å²) in [5.74, 6) is 1.03. The van der Waals surface area contributed by atoms with Gasteiger partial charge in [-0.1, -0.05) is 74.8 Å². The maximum absolute atomic E-state index is 12.8. The van der Waals surface area contributed by atoms with Crippen LogP contribution in [0.4, 0.5) is 5.69 Å². The Bertz CT molecular complexity index is 1750. The minimum absolute atomic E-state index is 0.0167. The Labute approximate surface area is 290 Å². The predicted molar refractivity (Wildman–Crippen MR) is 197 cm³/mol. The highest BCUT2D eigenvalue weighted by molar-refractivity contribution is 6.30. The van der Waals surface area contributed by atoms with Crippen LogP contribution in [0.2, 0.25) is 5.02 Å². The van der Waals surface area contributed by atoms with Crippen molar-refractivity contribution in [3.63, 3.8) is 0 Å². The standard InChI is InChI=1S/C40H49ClN6O/c1-28-43-35-12-8-9-13-36(35)47(28)34-24-32-18-19-33(25-34)46(32)23-21-40(29-10-6-5-7-11-29)20-22-45(27-42-38(48)39(2,3)4)37(26-40)44-31-16-14-30(41)15-17-31/h5-17,27,32-34,37,44H,18-26H2,1-4H3. The van der Waals surface area contributed by atoms with Crippen LogP contribution in [0.25, 0.3) is 11.0 Å². The van der Waals surface area contributed by atoms with Crippen molar-refractivity contribution in [2.75, 3.05) is 18.4 Å². The molecule has 0 spiro atoms. The van der Waals surface area contributed by atoms with Crippen LogP contribution in [0, 0.1) is 12.3 Å². The number of amides is 1. The summed E-state index contributed by atoms with van der Waals surface area (Å²) in [6.07, 6.45) is 9.66. The summed E-state index contributed by atoms with van der Waals surface area (Å²) in [6.45, 7) is 9.82. The molecular weight excluding hydrogens is 616 g/mol. The summed E-state index contributed by atoms with van der Waals surface area (Å²) in [5.41, 5.74) is 4.26. The number of carbonyl (C=O) groups is 1. The molecular formula is C40H49ClN6O. The molecule has 0 aliphatic carbocycles. The molecule has 3 saturated heterocycles. The van der Waals surface area contributed by atoms with E-state index < -0.39 is 5.41 Å². The molecule has 4 aromatic rings. The van der Waals surface area contributed by atoms with Gasteiger partial charge in [0.1, 0.15) is 12.0 Å². The van der Waals surface area contributed by atoms with E-state index in [9.17, 15) is 4.79 Å². The summed E-state index contributed by atoms with van der Waals surface area (Å²) in [7, 11) is 0. The maximum Gasteiger partial charge on any atom is 0.252 e. The molecule has 3 aliphatic rings. The van der Waals surface area contributed by atoms with Gasteiger partial charge in [-0.05, 0) is 100 Å². The largest absolute Gasteiger partial charge is 0.365 e. The number of hydrogen-bond acceptors (Lipinski definition) is 4. The van der Waals surface area contributed by atoms with Gasteiger partial charge in [0, 0.05) is 46.2 Å². The average molecular weight is 665 g/mol. The number of hydrogen-bond donors (Lipinski definition) is 1. The van der Waals surface area contributed by atoms with Gasteiger partial charge in [-0.3, -0.25) is 9.69 Å². The van der Waals surface area contributed by atoms with Gasteiger partial charge in [0.15, 0.2) is 0 Å². The second-order valence-corrected chi connectivity index (χ2v) is 15.8. The van der Waals surface area contributed by atoms with Gasteiger partial charge in [0.05, 0.1) is 17.4 Å². The van der Waals surface area contributed by atoms with Crippen LogP contribution in [-0.4, -0.2) is 62.9 Å². The number of nitrogens with one attached hydrogen (secondary N) is 1.